The van der Waals surface area contributed by atoms with Crippen molar-refractivity contribution in [1.82, 2.24) is 15.0 Å². The zero-order valence-electron chi connectivity index (χ0n) is 41.2. The van der Waals surface area contributed by atoms with E-state index in [0.29, 0.717) is 17.5 Å². The lowest BCUT2D eigenvalue weighted by Gasteiger charge is -2.40. The largest absolute Gasteiger partial charge is 0.310 e. The van der Waals surface area contributed by atoms with Gasteiger partial charge in [-0.05, 0) is 116 Å². The standard InChI is InChI=1S/C71H45N5/c1-7-22-46(23-8-1)67-72-68(47-24-9-2-10-25-47)74-69(73-67)53-40-41-59-64-52(53)34-19-37-56(64)70-57-38-20-35-54-62(75(48-26-11-3-12-27-48)49-28-13-4-14-29-49)44-42-60(65(54)57)71(59,70)61-43-45-63(55-36-21-39-58(70)66(55)61)76(50-30-15-5-16-31-50)51-32-17-6-18-33-51/h1-45H. The maximum Gasteiger partial charge on any atom is 0.164 e. The topological polar surface area (TPSA) is 45.2 Å². The van der Waals surface area contributed by atoms with Crippen molar-refractivity contribution in [3.63, 3.8) is 0 Å². The number of para-hydroxylation sites is 4. The van der Waals surface area contributed by atoms with Crippen molar-refractivity contribution in [3.8, 4) is 34.2 Å². The molecule has 0 saturated heterocycles. The molecule has 1 heterocycles. The van der Waals surface area contributed by atoms with Gasteiger partial charge in [-0.25, -0.2) is 15.0 Å². The van der Waals surface area contributed by atoms with Gasteiger partial charge in [0.25, 0.3) is 0 Å². The van der Waals surface area contributed by atoms with Gasteiger partial charge in [-0.2, -0.15) is 0 Å². The molecule has 0 unspecified atom stereocenters. The minimum Gasteiger partial charge on any atom is -0.310 e. The average molecular weight is 968 g/mol. The molecule has 1 aromatic heterocycles. The lowest BCUT2D eigenvalue weighted by Crippen LogP contribution is -2.42. The van der Waals surface area contributed by atoms with Crippen LogP contribution in [-0.4, -0.2) is 15.0 Å². The molecule has 354 valence electrons. The molecule has 5 heteroatoms. The first-order valence-corrected chi connectivity index (χ1v) is 26.1. The monoisotopic (exact) mass is 967 g/mol. The molecule has 0 aliphatic heterocycles. The smallest absolute Gasteiger partial charge is 0.164 e. The predicted octanol–water partition coefficient (Wildman–Crippen LogP) is 17.6. The van der Waals surface area contributed by atoms with Crippen LogP contribution in [0.25, 0.3) is 66.5 Å². The Labute approximate surface area is 440 Å². The lowest BCUT2D eigenvalue weighted by molar-refractivity contribution is 0.492. The Morgan fingerprint density at radius 1 is 0.237 bits per heavy atom. The Kier molecular flexibility index (Phi) is 9.10. The molecular weight excluding hydrogens is 923 g/mol. The van der Waals surface area contributed by atoms with Crippen LogP contribution in [0.1, 0.15) is 33.4 Å². The molecule has 3 aliphatic carbocycles. The maximum atomic E-state index is 5.33. The second kappa shape index (κ2) is 16.3. The Bertz CT molecular complexity index is 4100. The minimum atomic E-state index is -0.646. The highest BCUT2D eigenvalue weighted by molar-refractivity contribution is 6.18. The van der Waals surface area contributed by atoms with Gasteiger partial charge in [0.05, 0.1) is 22.2 Å². The van der Waals surface area contributed by atoms with Crippen LogP contribution in [0.3, 0.4) is 0 Å². The third-order valence-corrected chi connectivity index (χ3v) is 16.5. The molecule has 0 atom stereocenters. The van der Waals surface area contributed by atoms with Gasteiger partial charge in [-0.1, -0.05) is 212 Å². The molecule has 0 amide bonds. The van der Waals surface area contributed by atoms with Crippen molar-refractivity contribution in [2.45, 2.75) is 10.8 Å². The van der Waals surface area contributed by atoms with E-state index in [1.54, 1.807) is 0 Å². The van der Waals surface area contributed by atoms with Gasteiger partial charge < -0.3 is 9.80 Å². The summed E-state index contributed by atoms with van der Waals surface area (Å²) >= 11 is 0. The van der Waals surface area contributed by atoms with Crippen molar-refractivity contribution in [2.24, 2.45) is 0 Å². The number of aromatic nitrogens is 3. The van der Waals surface area contributed by atoms with E-state index in [1.807, 2.05) is 36.4 Å². The number of rotatable bonds is 9. The molecule has 16 rings (SSSR count). The second-order valence-corrected chi connectivity index (χ2v) is 20.2. The van der Waals surface area contributed by atoms with E-state index in [1.165, 1.54) is 60.3 Å². The van der Waals surface area contributed by atoms with Crippen LogP contribution >= 0.6 is 0 Å². The summed E-state index contributed by atoms with van der Waals surface area (Å²) in [6.45, 7) is 0. The van der Waals surface area contributed by atoms with E-state index in [0.717, 1.165) is 56.2 Å². The fourth-order valence-corrected chi connectivity index (χ4v) is 13.8. The van der Waals surface area contributed by atoms with Crippen LogP contribution in [0.4, 0.5) is 34.1 Å². The molecule has 13 aromatic rings. The summed E-state index contributed by atoms with van der Waals surface area (Å²) in [5.74, 6) is 1.94. The summed E-state index contributed by atoms with van der Waals surface area (Å²) in [7, 11) is 0. The first-order valence-electron chi connectivity index (χ1n) is 26.1. The summed E-state index contributed by atoms with van der Waals surface area (Å²) in [6, 6.07) is 99.3. The Morgan fingerprint density at radius 2 is 0.539 bits per heavy atom. The van der Waals surface area contributed by atoms with E-state index in [9.17, 15) is 0 Å². The molecule has 0 fully saturated rings. The lowest BCUT2D eigenvalue weighted by atomic mass is 9.59. The van der Waals surface area contributed by atoms with Gasteiger partial charge in [0, 0.05) is 50.2 Å². The molecule has 0 N–H and O–H groups in total. The average Bonchev–Trinajstić information content (AvgIpc) is 3.85. The number of benzene rings is 12. The zero-order valence-corrected chi connectivity index (χ0v) is 41.2. The maximum absolute atomic E-state index is 5.33. The van der Waals surface area contributed by atoms with Crippen molar-refractivity contribution in [3.05, 3.63) is 306 Å². The number of nitrogens with zero attached hydrogens (tertiary/aromatic N) is 5. The molecule has 5 nitrogen and oxygen atoms in total. The Morgan fingerprint density at radius 3 is 0.921 bits per heavy atom. The third kappa shape index (κ3) is 5.66. The first-order chi connectivity index (χ1) is 37.7. The molecule has 0 spiro atoms. The van der Waals surface area contributed by atoms with Crippen LogP contribution in [-0.2, 0) is 10.8 Å². The molecule has 0 saturated carbocycles. The quantitative estimate of drug-likeness (QED) is 0.144. The van der Waals surface area contributed by atoms with E-state index in [-0.39, 0.29) is 0 Å². The molecule has 0 bridgehead atoms. The second-order valence-electron chi connectivity index (χ2n) is 20.2. The van der Waals surface area contributed by atoms with Gasteiger partial charge in [-0.3, -0.25) is 0 Å². The summed E-state index contributed by atoms with van der Waals surface area (Å²) in [5.41, 5.74) is 16.2. The zero-order chi connectivity index (χ0) is 50.0. The summed E-state index contributed by atoms with van der Waals surface area (Å²) in [4.78, 5) is 20.6. The van der Waals surface area contributed by atoms with Crippen molar-refractivity contribution >= 4 is 66.4 Å². The van der Waals surface area contributed by atoms with Crippen LogP contribution < -0.4 is 9.80 Å². The normalized spacial score (nSPS) is 16.3. The highest BCUT2D eigenvalue weighted by Gasteiger charge is 2.70. The van der Waals surface area contributed by atoms with E-state index in [2.05, 4.69) is 246 Å². The van der Waals surface area contributed by atoms with E-state index in [4.69, 9.17) is 15.0 Å². The number of hydrogen-bond acceptors (Lipinski definition) is 5. The minimum absolute atomic E-state index is 0.645. The highest BCUT2D eigenvalue weighted by Crippen LogP contribution is 2.76. The molecule has 76 heavy (non-hydrogen) atoms. The Hall–Kier alpha value is -9.97. The van der Waals surface area contributed by atoms with Gasteiger partial charge in [-0.15, -0.1) is 0 Å². The van der Waals surface area contributed by atoms with Crippen LogP contribution in [0.5, 0.6) is 0 Å². The summed E-state index contributed by atoms with van der Waals surface area (Å²) in [6.07, 6.45) is 0. The Balaban J connectivity index is 1.01. The van der Waals surface area contributed by atoms with Crippen LogP contribution in [0.15, 0.2) is 273 Å². The van der Waals surface area contributed by atoms with Gasteiger partial charge in [0.1, 0.15) is 0 Å². The third-order valence-electron chi connectivity index (χ3n) is 16.5. The van der Waals surface area contributed by atoms with Gasteiger partial charge in [0.15, 0.2) is 17.5 Å². The molecule has 3 aliphatic rings. The number of anilines is 6. The molecular formula is C71H45N5. The first kappa shape index (κ1) is 42.5. The summed E-state index contributed by atoms with van der Waals surface area (Å²) < 4.78 is 0. The van der Waals surface area contributed by atoms with Crippen molar-refractivity contribution < 1.29 is 0 Å². The van der Waals surface area contributed by atoms with Gasteiger partial charge in [0.2, 0.25) is 0 Å². The fraction of sp³-hybridized carbons (Fsp3) is 0.0282. The highest BCUT2D eigenvalue weighted by atomic mass is 15.2. The predicted molar refractivity (Wildman–Crippen MR) is 311 cm³/mol. The fourth-order valence-electron chi connectivity index (χ4n) is 13.8. The number of hydrogen-bond donors (Lipinski definition) is 0. The molecule has 12 aromatic carbocycles. The van der Waals surface area contributed by atoms with E-state index < -0.39 is 10.8 Å². The van der Waals surface area contributed by atoms with Crippen LogP contribution in [0, 0.1) is 0 Å². The SMILES string of the molecule is c1ccc(-c2nc(-c3ccccc3)nc(-c3ccc4c5c(cccc35)C35c6cccc7c(N(c8ccccc8)c8ccccc8)ccc(c67)C43c3ccc(N(c4ccccc4)c4ccccc4)c4cccc5c34)n2)cc1. The molecule has 0 radical (unpaired) electrons. The van der Waals surface area contributed by atoms with Crippen LogP contribution in [0.2, 0.25) is 0 Å². The van der Waals surface area contributed by atoms with Crippen molar-refractivity contribution in [2.75, 3.05) is 9.80 Å². The van der Waals surface area contributed by atoms with Gasteiger partial charge >= 0.3 is 0 Å². The van der Waals surface area contributed by atoms with E-state index >= 15 is 0 Å². The van der Waals surface area contributed by atoms with Crippen molar-refractivity contribution in [1.29, 1.82) is 0 Å². The summed E-state index contributed by atoms with van der Waals surface area (Å²) in [5, 5.41) is 7.45.